The maximum Gasteiger partial charge on any atom is 0.411 e. The number of aryl methyl sites for hydroxylation is 1. The zero-order valence-electron chi connectivity index (χ0n) is 29.0. The summed E-state index contributed by atoms with van der Waals surface area (Å²) in [6.07, 6.45) is 5.60. The number of carbonyl (C=O) groups is 1. The lowest BCUT2D eigenvalue weighted by atomic mass is 9.94. The van der Waals surface area contributed by atoms with Crippen molar-refractivity contribution in [2.45, 2.75) is 83.1 Å². The minimum absolute atomic E-state index is 0.0257. The number of aromatic hydroxyl groups is 1. The highest BCUT2D eigenvalue weighted by molar-refractivity contribution is 6.01. The highest BCUT2D eigenvalue weighted by atomic mass is 19.1. The van der Waals surface area contributed by atoms with E-state index in [0.717, 1.165) is 25.8 Å². The molecule has 0 saturated carbocycles. The zero-order valence-corrected chi connectivity index (χ0v) is 29.0. The third-order valence-electron chi connectivity index (χ3n) is 10.7. The molecule has 5 heterocycles. The standard InChI is InChI=1S/C37H44F2N6O5/c1-5-24-27(38)10-9-22-17-23(46)18-25(29(22)24)31-30(39)32-26(19-40-31)33(44-15-7-12-36(3,48)20-44)42-34(41-32)49-21-37-13-8-16-45(37)28(11-14-37)50-35(47)43(4)6-2/h9-10,17-19,28,46,48H,5-8,11-16,20-21H2,1-4H3/t28-,36-,37-/m1/s1. The van der Waals surface area contributed by atoms with Gasteiger partial charge in [0.2, 0.25) is 0 Å². The summed E-state index contributed by atoms with van der Waals surface area (Å²) in [4.78, 5) is 32.1. The van der Waals surface area contributed by atoms with Crippen molar-refractivity contribution in [3.63, 3.8) is 0 Å². The molecule has 7 rings (SSSR count). The van der Waals surface area contributed by atoms with Crippen molar-refractivity contribution < 1.29 is 33.3 Å². The Kier molecular flexibility index (Phi) is 8.92. The van der Waals surface area contributed by atoms with Gasteiger partial charge in [-0.1, -0.05) is 13.0 Å². The molecule has 266 valence electrons. The Morgan fingerprint density at radius 1 is 1.12 bits per heavy atom. The van der Waals surface area contributed by atoms with Crippen molar-refractivity contribution in [3.8, 4) is 23.0 Å². The van der Waals surface area contributed by atoms with Gasteiger partial charge < -0.3 is 29.5 Å². The van der Waals surface area contributed by atoms with E-state index in [9.17, 15) is 15.0 Å². The first-order valence-corrected chi connectivity index (χ1v) is 17.5. The van der Waals surface area contributed by atoms with Gasteiger partial charge in [0.05, 0.1) is 16.5 Å². The third-order valence-corrected chi connectivity index (χ3v) is 10.7. The van der Waals surface area contributed by atoms with E-state index in [2.05, 4.69) is 14.9 Å². The number of amides is 1. The maximum absolute atomic E-state index is 16.9. The highest BCUT2D eigenvalue weighted by Gasteiger charge is 2.51. The Hall–Kier alpha value is -4.36. The van der Waals surface area contributed by atoms with Crippen molar-refractivity contribution >= 4 is 33.6 Å². The SMILES string of the molecule is CCc1c(F)ccc2cc(O)cc(-c3ncc4c(N5CCC[C@@](C)(O)C5)nc(OC[C@]56CCCN5[C@H](OC(=O)N(C)CC)CC6)nc4c3F)c12. The number of β-amino-alcohol motifs (C(OH)–C–C–N with tert-alkyl or cyclic N) is 1. The lowest BCUT2D eigenvalue weighted by molar-refractivity contribution is -0.0331. The highest BCUT2D eigenvalue weighted by Crippen LogP contribution is 2.44. The summed E-state index contributed by atoms with van der Waals surface area (Å²) in [5.74, 6) is -0.892. The van der Waals surface area contributed by atoms with Crippen LogP contribution in [0.3, 0.4) is 0 Å². The van der Waals surface area contributed by atoms with E-state index in [1.54, 1.807) is 20.0 Å². The van der Waals surface area contributed by atoms with Gasteiger partial charge in [-0.25, -0.2) is 13.6 Å². The van der Waals surface area contributed by atoms with Crippen molar-refractivity contribution in [1.29, 1.82) is 0 Å². The molecule has 2 N–H and O–H groups in total. The van der Waals surface area contributed by atoms with E-state index in [1.807, 2.05) is 18.7 Å². The van der Waals surface area contributed by atoms with Crippen LogP contribution >= 0.6 is 0 Å². The number of hydrogen-bond donors (Lipinski definition) is 2. The van der Waals surface area contributed by atoms with Gasteiger partial charge in [0.25, 0.3) is 0 Å². The van der Waals surface area contributed by atoms with Gasteiger partial charge in [0.15, 0.2) is 12.0 Å². The molecule has 1 amide bonds. The van der Waals surface area contributed by atoms with Crippen LogP contribution in [0, 0.1) is 11.6 Å². The number of fused-ring (bicyclic) bond motifs is 3. The number of aliphatic hydroxyl groups is 1. The van der Waals surface area contributed by atoms with Crippen LogP contribution in [-0.4, -0.2) is 98.3 Å². The normalized spacial score (nSPS) is 23.8. The van der Waals surface area contributed by atoms with E-state index in [0.29, 0.717) is 66.3 Å². The molecule has 3 aliphatic heterocycles. The van der Waals surface area contributed by atoms with Gasteiger partial charge in [-0.3, -0.25) is 9.88 Å². The molecule has 0 bridgehead atoms. The lowest BCUT2D eigenvalue weighted by Gasteiger charge is -2.38. The van der Waals surface area contributed by atoms with Crippen LogP contribution in [-0.2, 0) is 11.2 Å². The van der Waals surface area contributed by atoms with Crippen LogP contribution in [0.1, 0.15) is 64.9 Å². The molecule has 13 heteroatoms. The van der Waals surface area contributed by atoms with Crippen molar-refractivity contribution in [1.82, 2.24) is 24.8 Å². The Labute approximate surface area is 289 Å². The molecule has 2 aromatic carbocycles. The van der Waals surface area contributed by atoms with E-state index < -0.39 is 22.8 Å². The number of pyridine rings is 1. The average molecular weight is 691 g/mol. The minimum atomic E-state index is -0.977. The molecule has 3 aliphatic rings. The van der Waals surface area contributed by atoms with Crippen molar-refractivity contribution in [2.24, 2.45) is 0 Å². The first-order chi connectivity index (χ1) is 23.9. The van der Waals surface area contributed by atoms with E-state index in [-0.39, 0.29) is 54.0 Å². The second-order valence-electron chi connectivity index (χ2n) is 14.2. The number of ether oxygens (including phenoxy) is 2. The lowest BCUT2D eigenvalue weighted by Crippen LogP contribution is -2.48. The molecule has 11 nitrogen and oxygen atoms in total. The first-order valence-electron chi connectivity index (χ1n) is 17.5. The Bertz CT molecular complexity index is 1960. The van der Waals surface area contributed by atoms with E-state index in [4.69, 9.17) is 14.5 Å². The number of aromatic nitrogens is 3. The molecule has 3 atom stereocenters. The summed E-state index contributed by atoms with van der Waals surface area (Å²) in [5, 5.41) is 23.0. The summed E-state index contributed by atoms with van der Waals surface area (Å²) in [6, 6.07) is 5.80. The monoisotopic (exact) mass is 690 g/mol. The van der Waals surface area contributed by atoms with Crippen LogP contribution in [0.25, 0.3) is 32.9 Å². The number of phenolic OH excluding ortho intramolecular Hbond substituents is 1. The molecular weight excluding hydrogens is 646 g/mol. The van der Waals surface area contributed by atoms with Crippen LogP contribution in [0.5, 0.6) is 11.8 Å². The summed E-state index contributed by atoms with van der Waals surface area (Å²) >= 11 is 0. The Morgan fingerprint density at radius 3 is 2.68 bits per heavy atom. The molecule has 4 aromatic rings. The van der Waals surface area contributed by atoms with E-state index in [1.165, 1.54) is 29.3 Å². The van der Waals surface area contributed by atoms with Gasteiger partial charge in [-0.05, 0) is 86.9 Å². The second-order valence-corrected chi connectivity index (χ2v) is 14.2. The smallest absolute Gasteiger partial charge is 0.411 e. The molecule has 50 heavy (non-hydrogen) atoms. The maximum atomic E-state index is 16.9. The molecule has 0 aliphatic carbocycles. The molecule has 0 unspecified atom stereocenters. The van der Waals surface area contributed by atoms with Gasteiger partial charge in [0.1, 0.15) is 35.2 Å². The van der Waals surface area contributed by atoms with Crippen molar-refractivity contribution in [3.05, 3.63) is 47.7 Å². The zero-order chi connectivity index (χ0) is 35.4. The fraction of sp³-hybridized carbons (Fsp3) is 0.514. The van der Waals surface area contributed by atoms with Gasteiger partial charge >= 0.3 is 12.1 Å². The summed E-state index contributed by atoms with van der Waals surface area (Å²) in [6.45, 7) is 7.84. The van der Waals surface area contributed by atoms with Crippen LogP contribution in [0.2, 0.25) is 0 Å². The van der Waals surface area contributed by atoms with Gasteiger partial charge in [-0.2, -0.15) is 9.97 Å². The topological polar surface area (TPSA) is 124 Å². The van der Waals surface area contributed by atoms with Gasteiger partial charge in [0, 0.05) is 51.4 Å². The number of piperidine rings is 1. The number of benzene rings is 2. The molecule has 3 fully saturated rings. The fourth-order valence-corrected chi connectivity index (χ4v) is 8.06. The Balaban J connectivity index is 1.30. The number of rotatable bonds is 8. The van der Waals surface area contributed by atoms with Crippen LogP contribution in [0.15, 0.2) is 30.5 Å². The third kappa shape index (κ3) is 6.04. The quantitative estimate of drug-likeness (QED) is 0.222. The Morgan fingerprint density at radius 2 is 1.92 bits per heavy atom. The molecule has 2 aromatic heterocycles. The van der Waals surface area contributed by atoms with Crippen LogP contribution < -0.4 is 9.64 Å². The minimum Gasteiger partial charge on any atom is -0.508 e. The second kappa shape index (κ2) is 13.1. The summed E-state index contributed by atoms with van der Waals surface area (Å²) in [5.41, 5.74) is -0.851. The van der Waals surface area contributed by atoms with E-state index >= 15 is 8.78 Å². The van der Waals surface area contributed by atoms with Crippen LogP contribution in [0.4, 0.5) is 19.4 Å². The average Bonchev–Trinajstić information content (AvgIpc) is 3.66. The number of halogens is 2. The number of carbonyl (C=O) groups excluding carboxylic acids is 1. The predicted molar refractivity (Wildman–Crippen MR) is 185 cm³/mol. The largest absolute Gasteiger partial charge is 0.508 e. The molecule has 0 radical (unpaired) electrons. The molecule has 0 spiro atoms. The van der Waals surface area contributed by atoms with Crippen molar-refractivity contribution in [2.75, 3.05) is 44.7 Å². The number of anilines is 1. The number of phenols is 1. The fourth-order valence-electron chi connectivity index (χ4n) is 8.06. The molecule has 3 saturated heterocycles. The summed E-state index contributed by atoms with van der Waals surface area (Å²) < 4.78 is 44.2. The number of nitrogens with zero attached hydrogens (tertiary/aromatic N) is 6. The van der Waals surface area contributed by atoms with Gasteiger partial charge in [-0.15, -0.1) is 0 Å². The predicted octanol–water partition coefficient (Wildman–Crippen LogP) is 6.16. The molecular formula is C37H44F2N6O5. The summed E-state index contributed by atoms with van der Waals surface area (Å²) in [7, 11) is 1.71. The first kappa shape index (κ1) is 34.1. The number of hydrogen-bond acceptors (Lipinski definition) is 10.